The number of nitrogens with two attached hydrogens (primary N) is 1. The van der Waals surface area contributed by atoms with Crippen LogP contribution in [0.5, 0.6) is 0 Å². The number of benzene rings is 1. The van der Waals surface area contributed by atoms with Crippen LogP contribution in [-0.4, -0.2) is 43.2 Å². The highest BCUT2D eigenvalue weighted by atomic mass is 32.2. The number of aliphatic hydroxyl groups excluding tert-OH is 1. The first-order valence-corrected chi connectivity index (χ1v) is 6.59. The largest absolute Gasteiger partial charge is 0.389 e. The lowest BCUT2D eigenvalue weighted by Crippen LogP contribution is -2.28. The molecule has 1 aromatic rings. The Morgan fingerprint density at radius 2 is 2.00 bits per heavy atom. The molecule has 18 heavy (non-hydrogen) atoms. The molecule has 7 nitrogen and oxygen atoms in total. The molecule has 1 aliphatic rings. The van der Waals surface area contributed by atoms with E-state index in [4.69, 9.17) is 10.6 Å². The van der Waals surface area contributed by atoms with Crippen LogP contribution in [0.1, 0.15) is 10.4 Å². The van der Waals surface area contributed by atoms with Gasteiger partial charge in [0.1, 0.15) is 0 Å². The van der Waals surface area contributed by atoms with Crippen molar-refractivity contribution in [2.75, 3.05) is 13.2 Å². The third-order valence-corrected chi connectivity index (χ3v) is 4.13. The van der Waals surface area contributed by atoms with E-state index in [1.54, 1.807) is 0 Å². The average Bonchev–Trinajstić information content (AvgIpc) is 2.76. The first-order valence-electron chi connectivity index (χ1n) is 5.15. The lowest BCUT2D eigenvalue weighted by molar-refractivity contribution is -0.0316. The van der Waals surface area contributed by atoms with Crippen LogP contribution >= 0.6 is 0 Å². The van der Waals surface area contributed by atoms with Gasteiger partial charge in [-0.2, -0.15) is 0 Å². The Kier molecular flexibility index (Phi) is 3.35. The maximum Gasteiger partial charge on any atom is 0.265 e. The van der Waals surface area contributed by atoms with Crippen LogP contribution in [0.15, 0.2) is 29.2 Å². The van der Waals surface area contributed by atoms with E-state index in [1.807, 2.05) is 0 Å². The Morgan fingerprint density at radius 1 is 1.39 bits per heavy atom. The average molecular weight is 272 g/mol. The van der Waals surface area contributed by atoms with Crippen molar-refractivity contribution in [3.63, 3.8) is 0 Å². The molecule has 0 aromatic heterocycles. The summed E-state index contributed by atoms with van der Waals surface area (Å²) in [5.41, 5.74) is 5.28. The Bertz CT molecular complexity index is 554. The number of hydroxylamine groups is 1. The molecule has 8 heteroatoms. The fraction of sp³-hybridized carbons (Fsp3) is 0.300. The molecule has 1 aromatic carbocycles. The van der Waals surface area contributed by atoms with Crippen molar-refractivity contribution in [3.05, 3.63) is 29.8 Å². The van der Waals surface area contributed by atoms with Gasteiger partial charge in [0.2, 0.25) is 5.91 Å². The number of β-amino-alcohol motifs (C(OH)–C–C–N with tert-alkyl or cyclic N) is 1. The molecule has 98 valence electrons. The monoisotopic (exact) mass is 272 g/mol. The topological polar surface area (TPSA) is 110 Å². The molecule has 1 aliphatic heterocycles. The number of carbonyl (C=O) groups is 1. The maximum atomic E-state index is 12.0. The van der Waals surface area contributed by atoms with E-state index in [0.717, 1.165) is 4.47 Å². The van der Waals surface area contributed by atoms with Crippen molar-refractivity contribution in [2.45, 2.75) is 11.0 Å². The summed E-state index contributed by atoms with van der Waals surface area (Å²) in [6, 6.07) is 5.18. The van der Waals surface area contributed by atoms with Gasteiger partial charge in [-0.1, -0.05) is 4.47 Å². The van der Waals surface area contributed by atoms with E-state index in [2.05, 4.69) is 0 Å². The molecule has 3 N–H and O–H groups in total. The van der Waals surface area contributed by atoms with E-state index in [9.17, 15) is 18.3 Å². The van der Waals surface area contributed by atoms with Gasteiger partial charge in [0.15, 0.2) is 0 Å². The number of aliphatic hydroxyl groups is 1. The molecule has 0 spiro atoms. The molecule has 0 radical (unpaired) electrons. The van der Waals surface area contributed by atoms with Gasteiger partial charge in [-0.25, -0.2) is 8.42 Å². The minimum absolute atomic E-state index is 0.0263. The number of primary amides is 1. The molecular formula is C10H12N2O5S. The zero-order valence-corrected chi connectivity index (χ0v) is 10.1. The number of amides is 1. The molecule has 0 bridgehead atoms. The van der Waals surface area contributed by atoms with E-state index >= 15 is 0 Å². The Hall–Kier alpha value is -1.48. The summed E-state index contributed by atoms with van der Waals surface area (Å²) in [5.74, 6) is -0.633. The highest BCUT2D eigenvalue weighted by Crippen LogP contribution is 2.20. The summed E-state index contributed by atoms with van der Waals surface area (Å²) in [6.45, 7) is -0.168. The Morgan fingerprint density at radius 3 is 2.44 bits per heavy atom. The standard InChI is InChI=1S/C10H12N2O5S/c11-10(14)7-1-3-9(4-2-7)18(15,16)12-5-8(13)6-17-12/h1-4,8,13H,5-6H2,(H2,11,14)/t8-/m1/s1. The molecular weight excluding hydrogens is 260 g/mol. The van der Waals surface area contributed by atoms with Gasteiger partial charge in [0.05, 0.1) is 24.2 Å². The van der Waals surface area contributed by atoms with Gasteiger partial charge in [0, 0.05) is 5.56 Å². The lowest BCUT2D eigenvalue weighted by Gasteiger charge is -2.14. The summed E-state index contributed by atoms with van der Waals surface area (Å²) in [4.78, 5) is 15.7. The van der Waals surface area contributed by atoms with E-state index in [-0.39, 0.29) is 23.6 Å². The van der Waals surface area contributed by atoms with Crippen LogP contribution < -0.4 is 5.73 Å². The van der Waals surface area contributed by atoms with Crippen LogP contribution in [0.25, 0.3) is 0 Å². The quantitative estimate of drug-likeness (QED) is 0.739. The molecule has 0 saturated carbocycles. The SMILES string of the molecule is NC(=O)c1ccc(S(=O)(=O)N2C[C@@H](O)CO2)cc1. The van der Waals surface area contributed by atoms with Crippen molar-refractivity contribution >= 4 is 15.9 Å². The smallest absolute Gasteiger partial charge is 0.265 e. The predicted molar refractivity (Wildman–Crippen MR) is 60.8 cm³/mol. The van der Waals surface area contributed by atoms with Crippen molar-refractivity contribution < 1.29 is 23.2 Å². The summed E-state index contributed by atoms with van der Waals surface area (Å²) in [5, 5.41) is 9.23. The predicted octanol–water partition coefficient (Wildman–Crippen LogP) is -0.918. The number of carbonyl (C=O) groups excluding carboxylic acids is 1. The summed E-state index contributed by atoms with van der Waals surface area (Å²) in [6.07, 6.45) is -0.829. The van der Waals surface area contributed by atoms with Crippen LogP contribution in [0.2, 0.25) is 0 Å². The molecule has 1 heterocycles. The van der Waals surface area contributed by atoms with Gasteiger partial charge >= 0.3 is 0 Å². The highest BCUT2D eigenvalue weighted by molar-refractivity contribution is 7.89. The summed E-state index contributed by atoms with van der Waals surface area (Å²) >= 11 is 0. The van der Waals surface area contributed by atoms with E-state index < -0.39 is 22.0 Å². The first kappa shape index (κ1) is 13.0. The molecule has 1 amide bonds. The van der Waals surface area contributed by atoms with E-state index in [0.29, 0.717) is 0 Å². The summed E-state index contributed by atoms with van der Waals surface area (Å²) < 4.78 is 24.8. The van der Waals surface area contributed by atoms with E-state index in [1.165, 1.54) is 24.3 Å². The lowest BCUT2D eigenvalue weighted by atomic mass is 10.2. The second-order valence-corrected chi connectivity index (χ2v) is 5.66. The van der Waals surface area contributed by atoms with Crippen molar-refractivity contribution in [2.24, 2.45) is 5.73 Å². The number of nitrogens with zero attached hydrogens (tertiary/aromatic N) is 1. The van der Waals surface area contributed by atoms with Crippen molar-refractivity contribution in [3.8, 4) is 0 Å². The highest BCUT2D eigenvalue weighted by Gasteiger charge is 2.33. The molecule has 0 aliphatic carbocycles. The number of sulfonamides is 1. The summed E-state index contributed by atoms with van der Waals surface area (Å²) in [7, 11) is -3.82. The third kappa shape index (κ3) is 2.36. The van der Waals surface area contributed by atoms with Gasteiger partial charge < -0.3 is 10.8 Å². The minimum Gasteiger partial charge on any atom is -0.389 e. The van der Waals surface area contributed by atoms with Gasteiger partial charge in [-0.3, -0.25) is 9.63 Å². The number of hydrogen-bond acceptors (Lipinski definition) is 5. The molecule has 1 fully saturated rings. The van der Waals surface area contributed by atoms with Gasteiger partial charge in [-0.05, 0) is 24.3 Å². The second kappa shape index (κ2) is 4.65. The molecule has 1 atom stereocenters. The fourth-order valence-corrected chi connectivity index (χ4v) is 2.81. The van der Waals surface area contributed by atoms with Gasteiger partial charge in [0.25, 0.3) is 10.0 Å². The van der Waals surface area contributed by atoms with Crippen molar-refractivity contribution in [1.29, 1.82) is 0 Å². The molecule has 2 rings (SSSR count). The zero-order valence-electron chi connectivity index (χ0n) is 9.31. The van der Waals surface area contributed by atoms with Crippen LogP contribution in [-0.2, 0) is 14.9 Å². The normalized spacial score (nSPS) is 21.1. The number of rotatable bonds is 3. The molecule has 1 saturated heterocycles. The Labute approximate surface area is 104 Å². The maximum absolute atomic E-state index is 12.0. The Balaban J connectivity index is 2.27. The van der Waals surface area contributed by atoms with Crippen LogP contribution in [0, 0.1) is 0 Å². The molecule has 0 unspecified atom stereocenters. The van der Waals surface area contributed by atoms with Crippen molar-refractivity contribution in [1.82, 2.24) is 4.47 Å². The van der Waals surface area contributed by atoms with Gasteiger partial charge in [-0.15, -0.1) is 0 Å². The van der Waals surface area contributed by atoms with Crippen LogP contribution in [0.3, 0.4) is 0 Å². The second-order valence-electron chi connectivity index (χ2n) is 3.83. The number of hydrogen-bond donors (Lipinski definition) is 2. The third-order valence-electron chi connectivity index (χ3n) is 2.48. The van der Waals surface area contributed by atoms with Crippen LogP contribution in [0.4, 0.5) is 0 Å². The minimum atomic E-state index is -3.82. The fourth-order valence-electron chi connectivity index (χ4n) is 1.52. The first-order chi connectivity index (χ1) is 8.41. The zero-order chi connectivity index (χ0) is 13.3.